The van der Waals surface area contributed by atoms with Gasteiger partial charge in [-0.2, -0.15) is 0 Å². The third-order valence-corrected chi connectivity index (χ3v) is 8.52. The van der Waals surface area contributed by atoms with E-state index in [2.05, 4.69) is 0 Å². The van der Waals surface area contributed by atoms with Crippen LogP contribution in [-0.4, -0.2) is 16.2 Å². The van der Waals surface area contributed by atoms with Crippen LogP contribution < -0.4 is 0 Å². The molecule has 1 aliphatic heterocycles. The Morgan fingerprint density at radius 3 is 2.00 bits per heavy atom. The van der Waals surface area contributed by atoms with Gasteiger partial charge < -0.3 is 4.89 Å². The SMILES string of the molecule is O=P1(O)OC(C2CCCCC2)C(C2CCCCC2)S1. The first-order valence-electron chi connectivity index (χ1n) is 7.85. The molecule has 3 rings (SSSR count). The van der Waals surface area contributed by atoms with E-state index in [0.717, 1.165) is 0 Å². The predicted octanol–water partition coefficient (Wildman–Crippen LogP) is 4.75. The van der Waals surface area contributed by atoms with Gasteiger partial charge >= 0.3 is 6.80 Å². The van der Waals surface area contributed by atoms with Gasteiger partial charge in [-0.25, -0.2) is 4.57 Å². The Balaban J connectivity index is 1.72. The van der Waals surface area contributed by atoms with Gasteiger partial charge in [0, 0.05) is 5.25 Å². The van der Waals surface area contributed by atoms with Crippen LogP contribution in [0.4, 0.5) is 0 Å². The lowest BCUT2D eigenvalue weighted by atomic mass is 9.78. The second-order valence-corrected chi connectivity index (χ2v) is 10.3. The zero-order chi connectivity index (χ0) is 13.3. The Kier molecular flexibility index (Phi) is 4.63. The summed E-state index contributed by atoms with van der Waals surface area (Å²) >= 11 is 1.26. The van der Waals surface area contributed by atoms with Crippen molar-refractivity contribution >= 4 is 18.2 Å². The van der Waals surface area contributed by atoms with E-state index in [1.807, 2.05) is 0 Å². The summed E-state index contributed by atoms with van der Waals surface area (Å²) in [5.74, 6) is 1.13. The fourth-order valence-electron chi connectivity index (χ4n) is 4.09. The summed E-state index contributed by atoms with van der Waals surface area (Å²) in [6.07, 6.45) is 12.6. The second kappa shape index (κ2) is 6.09. The molecular weight excluding hydrogens is 279 g/mol. The highest BCUT2D eigenvalue weighted by atomic mass is 32.7. The summed E-state index contributed by atoms with van der Waals surface area (Å²) in [4.78, 5) is 9.89. The Morgan fingerprint density at radius 1 is 0.895 bits per heavy atom. The van der Waals surface area contributed by atoms with Gasteiger partial charge in [0.05, 0.1) is 6.10 Å². The van der Waals surface area contributed by atoms with E-state index in [0.29, 0.717) is 11.8 Å². The van der Waals surface area contributed by atoms with E-state index in [-0.39, 0.29) is 11.4 Å². The molecule has 0 radical (unpaired) electrons. The molecule has 1 saturated heterocycles. The van der Waals surface area contributed by atoms with E-state index >= 15 is 0 Å². The zero-order valence-corrected chi connectivity index (χ0v) is 13.2. The highest BCUT2D eigenvalue weighted by molar-refractivity contribution is 8.55. The molecule has 3 fully saturated rings. The molecular formula is C14H25O3PS. The van der Waals surface area contributed by atoms with Crippen LogP contribution in [0.5, 0.6) is 0 Å². The summed E-state index contributed by atoms with van der Waals surface area (Å²) in [7, 11) is 0. The average Bonchev–Trinajstić information content (AvgIpc) is 2.77. The lowest BCUT2D eigenvalue weighted by molar-refractivity contribution is 0.0869. The molecule has 110 valence electrons. The van der Waals surface area contributed by atoms with Crippen LogP contribution in [0.3, 0.4) is 0 Å². The van der Waals surface area contributed by atoms with E-state index in [9.17, 15) is 9.46 Å². The van der Waals surface area contributed by atoms with Gasteiger partial charge in [0.25, 0.3) is 0 Å². The van der Waals surface area contributed by atoms with Crippen molar-refractivity contribution < 1.29 is 14.0 Å². The number of hydrogen-bond donors (Lipinski definition) is 1. The topological polar surface area (TPSA) is 46.5 Å². The van der Waals surface area contributed by atoms with Crippen LogP contribution in [0, 0.1) is 11.8 Å². The van der Waals surface area contributed by atoms with Crippen molar-refractivity contribution in [3.05, 3.63) is 0 Å². The Bertz CT molecular complexity index is 321. The quantitative estimate of drug-likeness (QED) is 0.748. The van der Waals surface area contributed by atoms with E-state index in [1.165, 1.54) is 75.6 Å². The van der Waals surface area contributed by atoms with Gasteiger partial charge in [0.1, 0.15) is 0 Å². The minimum absolute atomic E-state index is 0.0456. The molecule has 0 aromatic rings. The second-order valence-electron chi connectivity index (χ2n) is 6.40. The van der Waals surface area contributed by atoms with Crippen LogP contribution >= 0.6 is 18.2 Å². The van der Waals surface area contributed by atoms with E-state index < -0.39 is 6.80 Å². The fourth-order valence-corrected chi connectivity index (χ4v) is 8.23. The van der Waals surface area contributed by atoms with E-state index in [4.69, 9.17) is 4.52 Å². The first-order valence-corrected chi connectivity index (χ1v) is 10.9. The largest absolute Gasteiger partial charge is 0.387 e. The van der Waals surface area contributed by atoms with Gasteiger partial charge in [-0.1, -0.05) is 38.5 Å². The minimum atomic E-state index is -3.37. The van der Waals surface area contributed by atoms with Crippen molar-refractivity contribution in [2.24, 2.45) is 11.8 Å². The molecule has 2 aliphatic carbocycles. The maximum Gasteiger partial charge on any atom is 0.387 e. The van der Waals surface area contributed by atoms with Crippen LogP contribution in [0.15, 0.2) is 0 Å². The lowest BCUT2D eigenvalue weighted by Crippen LogP contribution is -2.36. The zero-order valence-electron chi connectivity index (χ0n) is 11.5. The van der Waals surface area contributed by atoms with Gasteiger partial charge in [0.2, 0.25) is 0 Å². The highest BCUT2D eigenvalue weighted by Gasteiger charge is 2.49. The smallest absolute Gasteiger partial charge is 0.316 e. The molecule has 0 aromatic carbocycles. The standard InChI is InChI=1S/C14H25O3PS/c15-18(16)17-13(11-7-3-1-4-8-11)14(19-18)12-9-5-2-6-10-12/h11-14H,1-10H2,(H,15,16). The molecule has 5 heteroatoms. The van der Waals surface area contributed by atoms with Crippen molar-refractivity contribution in [3.63, 3.8) is 0 Å². The van der Waals surface area contributed by atoms with Gasteiger partial charge in [-0.15, -0.1) is 0 Å². The first kappa shape index (κ1) is 14.4. The van der Waals surface area contributed by atoms with Gasteiger partial charge in [-0.3, -0.25) is 4.52 Å². The summed E-state index contributed by atoms with van der Waals surface area (Å²) in [6.45, 7) is -3.37. The third kappa shape index (κ3) is 3.40. The van der Waals surface area contributed by atoms with Crippen molar-refractivity contribution in [1.82, 2.24) is 0 Å². The van der Waals surface area contributed by atoms with E-state index in [1.54, 1.807) is 0 Å². The molecule has 0 amide bonds. The molecule has 2 saturated carbocycles. The lowest BCUT2D eigenvalue weighted by Gasteiger charge is -2.34. The molecule has 0 spiro atoms. The molecule has 0 aromatic heterocycles. The normalized spacial score (nSPS) is 42.6. The molecule has 3 nitrogen and oxygen atoms in total. The molecule has 3 atom stereocenters. The maximum absolute atomic E-state index is 12.0. The molecule has 3 aliphatic rings. The summed E-state index contributed by atoms with van der Waals surface area (Å²) in [5.41, 5.74) is 0. The molecule has 1 N–H and O–H groups in total. The number of rotatable bonds is 2. The predicted molar refractivity (Wildman–Crippen MR) is 79.2 cm³/mol. The molecule has 0 bridgehead atoms. The molecule has 19 heavy (non-hydrogen) atoms. The summed E-state index contributed by atoms with van der Waals surface area (Å²) in [6, 6.07) is 0. The van der Waals surface area contributed by atoms with Crippen LogP contribution in [-0.2, 0) is 9.09 Å². The van der Waals surface area contributed by atoms with Crippen LogP contribution in [0.1, 0.15) is 64.2 Å². The van der Waals surface area contributed by atoms with Crippen molar-refractivity contribution in [2.45, 2.75) is 75.6 Å². The Hall–Kier alpha value is 0.500. The fraction of sp³-hybridized carbons (Fsp3) is 1.00. The van der Waals surface area contributed by atoms with Crippen LogP contribution in [0.25, 0.3) is 0 Å². The van der Waals surface area contributed by atoms with Crippen molar-refractivity contribution in [2.75, 3.05) is 0 Å². The first-order chi connectivity index (χ1) is 9.16. The Labute approximate surface area is 120 Å². The van der Waals surface area contributed by atoms with Crippen molar-refractivity contribution in [3.8, 4) is 0 Å². The van der Waals surface area contributed by atoms with Gasteiger partial charge in [-0.05, 0) is 48.9 Å². The molecule has 1 heterocycles. The summed E-state index contributed by atoms with van der Waals surface area (Å²) in [5, 5.41) is 0.277. The highest BCUT2D eigenvalue weighted by Crippen LogP contribution is 2.68. The average molecular weight is 304 g/mol. The van der Waals surface area contributed by atoms with Crippen molar-refractivity contribution in [1.29, 1.82) is 0 Å². The molecule has 3 unspecified atom stereocenters. The number of hydrogen-bond acceptors (Lipinski definition) is 3. The Morgan fingerprint density at radius 2 is 1.42 bits per heavy atom. The third-order valence-electron chi connectivity index (χ3n) is 5.06. The minimum Gasteiger partial charge on any atom is -0.316 e. The monoisotopic (exact) mass is 304 g/mol. The van der Waals surface area contributed by atoms with Crippen LogP contribution in [0.2, 0.25) is 0 Å². The maximum atomic E-state index is 12.0. The summed E-state index contributed by atoms with van der Waals surface area (Å²) < 4.78 is 17.6. The van der Waals surface area contributed by atoms with Gasteiger partial charge in [0.15, 0.2) is 0 Å².